The summed E-state index contributed by atoms with van der Waals surface area (Å²) in [6.45, 7) is 1.78. The number of carbonyl (C=O) groups excluding carboxylic acids is 1. The molecule has 0 fully saturated rings. The lowest BCUT2D eigenvalue weighted by atomic mass is 10.1. The molecule has 0 aliphatic carbocycles. The second kappa shape index (κ2) is 8.12. The number of carbonyl (C=O) groups is 1. The van der Waals surface area contributed by atoms with Gasteiger partial charge in [-0.25, -0.2) is 4.98 Å². The number of hydrogen-bond acceptors (Lipinski definition) is 8. The third-order valence-corrected chi connectivity index (χ3v) is 5.61. The number of ether oxygens (including phenoxy) is 2. The van der Waals surface area contributed by atoms with Crippen LogP contribution in [0.15, 0.2) is 50.9 Å². The maximum Gasteiger partial charge on any atom is 0.308 e. The molecular formula is C20H19N3O5S. The Bertz CT molecular complexity index is 1110. The van der Waals surface area contributed by atoms with Gasteiger partial charge in [0.1, 0.15) is 18.1 Å². The molecule has 0 amide bonds. The molecule has 0 radical (unpaired) electrons. The van der Waals surface area contributed by atoms with Crippen LogP contribution in [0, 0.1) is 6.92 Å². The summed E-state index contributed by atoms with van der Waals surface area (Å²) >= 11 is 1.47. The van der Waals surface area contributed by atoms with Crippen molar-refractivity contribution in [2.75, 3.05) is 12.9 Å². The predicted molar refractivity (Wildman–Crippen MR) is 106 cm³/mol. The number of aromatic nitrogens is 3. The van der Waals surface area contributed by atoms with Crippen molar-refractivity contribution < 1.29 is 18.8 Å². The summed E-state index contributed by atoms with van der Waals surface area (Å²) < 4.78 is 17.4. The normalized spacial score (nSPS) is 15.2. The first kappa shape index (κ1) is 19.3. The average Bonchev–Trinajstić information content (AvgIpc) is 3.34. The molecule has 1 aromatic carbocycles. The monoisotopic (exact) mass is 413 g/mol. The van der Waals surface area contributed by atoms with Crippen molar-refractivity contribution in [1.82, 2.24) is 14.7 Å². The lowest BCUT2D eigenvalue weighted by Gasteiger charge is -2.12. The van der Waals surface area contributed by atoms with Gasteiger partial charge < -0.3 is 14.0 Å². The molecule has 1 aliphatic heterocycles. The molecule has 0 bridgehead atoms. The number of benzene rings is 1. The minimum atomic E-state index is -0.401. The standard InChI is InChI=1S/C20H19N3O5S/c1-12-6-18(24)23-15(11-29-20(23)21-12)9-19(25)27-10-14-8-17(28-22-14)13-4-3-5-16(7-13)26-2/h3-8,15H,9-11H2,1-2H3. The Kier molecular flexibility index (Phi) is 5.39. The van der Waals surface area contributed by atoms with Crippen molar-refractivity contribution in [2.45, 2.75) is 31.1 Å². The van der Waals surface area contributed by atoms with Gasteiger partial charge in [0.05, 0.1) is 19.6 Å². The highest BCUT2D eigenvalue weighted by molar-refractivity contribution is 7.99. The van der Waals surface area contributed by atoms with Gasteiger partial charge in [-0.1, -0.05) is 29.1 Å². The smallest absolute Gasteiger partial charge is 0.308 e. The molecule has 0 saturated carbocycles. The van der Waals surface area contributed by atoms with E-state index in [-0.39, 0.29) is 24.6 Å². The summed E-state index contributed by atoms with van der Waals surface area (Å²) in [5.41, 5.74) is 1.85. The lowest BCUT2D eigenvalue weighted by molar-refractivity contribution is -0.145. The van der Waals surface area contributed by atoms with Gasteiger partial charge in [-0.3, -0.25) is 14.2 Å². The quantitative estimate of drug-likeness (QED) is 0.449. The summed E-state index contributed by atoms with van der Waals surface area (Å²) in [6, 6.07) is 10.3. The molecule has 3 heterocycles. The Balaban J connectivity index is 1.37. The van der Waals surface area contributed by atoms with Gasteiger partial charge >= 0.3 is 5.97 Å². The summed E-state index contributed by atoms with van der Waals surface area (Å²) in [4.78, 5) is 28.8. The molecule has 0 N–H and O–H groups in total. The maximum atomic E-state index is 12.3. The SMILES string of the molecule is COc1cccc(-c2cc(COC(=O)CC3CSc4nc(C)cc(=O)n43)no2)c1. The third-order valence-electron chi connectivity index (χ3n) is 4.51. The van der Waals surface area contributed by atoms with Crippen LogP contribution in [0.4, 0.5) is 0 Å². The fourth-order valence-electron chi connectivity index (χ4n) is 3.11. The minimum absolute atomic E-state index is 0.0000679. The van der Waals surface area contributed by atoms with Gasteiger partial charge in [0, 0.05) is 29.1 Å². The molecule has 1 atom stereocenters. The van der Waals surface area contributed by atoms with Gasteiger partial charge in [-0.05, 0) is 19.1 Å². The van der Waals surface area contributed by atoms with E-state index in [0.29, 0.717) is 33.8 Å². The Morgan fingerprint density at radius 3 is 3.03 bits per heavy atom. The van der Waals surface area contributed by atoms with E-state index in [4.69, 9.17) is 14.0 Å². The van der Waals surface area contributed by atoms with Crippen LogP contribution in [0.3, 0.4) is 0 Å². The van der Waals surface area contributed by atoms with E-state index in [9.17, 15) is 9.59 Å². The van der Waals surface area contributed by atoms with E-state index in [1.807, 2.05) is 24.3 Å². The van der Waals surface area contributed by atoms with Gasteiger partial charge in [0.25, 0.3) is 5.56 Å². The zero-order valence-electron chi connectivity index (χ0n) is 16.0. The number of thioether (sulfide) groups is 1. The fraction of sp³-hybridized carbons (Fsp3) is 0.300. The maximum absolute atomic E-state index is 12.3. The molecule has 4 rings (SSSR count). The highest BCUT2D eigenvalue weighted by Crippen LogP contribution is 2.32. The van der Waals surface area contributed by atoms with Crippen molar-refractivity contribution in [1.29, 1.82) is 0 Å². The topological polar surface area (TPSA) is 96.5 Å². The Labute approximate surface area is 170 Å². The van der Waals surface area contributed by atoms with Crippen molar-refractivity contribution in [3.63, 3.8) is 0 Å². The average molecular weight is 413 g/mol. The van der Waals surface area contributed by atoms with Crippen LogP contribution in [0.1, 0.15) is 23.9 Å². The van der Waals surface area contributed by atoms with Crippen LogP contribution in [0.5, 0.6) is 5.75 Å². The van der Waals surface area contributed by atoms with Crippen molar-refractivity contribution in [3.05, 3.63) is 58.1 Å². The van der Waals surface area contributed by atoms with Gasteiger partial charge in [0.15, 0.2) is 10.9 Å². The van der Waals surface area contributed by atoms with E-state index in [1.54, 1.807) is 24.7 Å². The first-order chi connectivity index (χ1) is 14.0. The Hall–Kier alpha value is -3.07. The highest BCUT2D eigenvalue weighted by Gasteiger charge is 2.28. The number of hydrogen-bond donors (Lipinski definition) is 0. The summed E-state index contributed by atoms with van der Waals surface area (Å²) in [5, 5.41) is 4.59. The van der Waals surface area contributed by atoms with Crippen molar-refractivity contribution in [2.24, 2.45) is 0 Å². The highest BCUT2D eigenvalue weighted by atomic mass is 32.2. The summed E-state index contributed by atoms with van der Waals surface area (Å²) in [5.74, 6) is 1.48. The fourth-order valence-corrected chi connectivity index (χ4v) is 4.31. The molecular weight excluding hydrogens is 394 g/mol. The molecule has 150 valence electrons. The number of fused-ring (bicyclic) bond motifs is 1. The van der Waals surface area contributed by atoms with Crippen molar-refractivity contribution >= 4 is 17.7 Å². The first-order valence-corrected chi connectivity index (χ1v) is 10.0. The lowest BCUT2D eigenvalue weighted by Crippen LogP contribution is -2.26. The number of aryl methyl sites for hydroxylation is 1. The summed E-state index contributed by atoms with van der Waals surface area (Å²) in [6.07, 6.45) is 0.102. The van der Waals surface area contributed by atoms with Gasteiger partial charge in [0.2, 0.25) is 0 Å². The van der Waals surface area contributed by atoms with E-state index < -0.39 is 5.97 Å². The number of nitrogens with zero attached hydrogens (tertiary/aromatic N) is 3. The number of esters is 1. The summed E-state index contributed by atoms with van der Waals surface area (Å²) in [7, 11) is 1.59. The second-order valence-corrected chi connectivity index (χ2v) is 7.62. The Morgan fingerprint density at radius 1 is 1.34 bits per heavy atom. The van der Waals surface area contributed by atoms with Crippen molar-refractivity contribution in [3.8, 4) is 17.1 Å². The van der Waals surface area contributed by atoms with Crippen LogP contribution in [0.2, 0.25) is 0 Å². The first-order valence-electron chi connectivity index (χ1n) is 9.02. The molecule has 1 unspecified atom stereocenters. The largest absolute Gasteiger partial charge is 0.497 e. The van der Waals surface area contributed by atoms with E-state index in [1.165, 1.54) is 17.8 Å². The zero-order valence-corrected chi connectivity index (χ0v) is 16.8. The minimum Gasteiger partial charge on any atom is -0.497 e. The molecule has 9 heteroatoms. The van der Waals surface area contributed by atoms with E-state index >= 15 is 0 Å². The number of methoxy groups -OCH3 is 1. The third kappa shape index (κ3) is 4.19. The van der Waals surface area contributed by atoms with E-state index in [2.05, 4.69) is 10.1 Å². The molecule has 0 saturated heterocycles. The van der Waals surface area contributed by atoms with Crippen LogP contribution >= 0.6 is 11.8 Å². The van der Waals surface area contributed by atoms with Crippen LogP contribution in [0.25, 0.3) is 11.3 Å². The van der Waals surface area contributed by atoms with Crippen LogP contribution in [-0.2, 0) is 16.1 Å². The predicted octanol–water partition coefficient (Wildman–Crippen LogP) is 3.00. The zero-order chi connectivity index (χ0) is 20.4. The molecule has 29 heavy (non-hydrogen) atoms. The van der Waals surface area contributed by atoms with Crippen LogP contribution < -0.4 is 10.3 Å². The number of rotatable bonds is 6. The molecule has 2 aromatic heterocycles. The molecule has 3 aromatic rings. The molecule has 0 spiro atoms. The van der Waals surface area contributed by atoms with Crippen LogP contribution in [-0.4, -0.2) is 33.5 Å². The molecule has 8 nitrogen and oxygen atoms in total. The van der Waals surface area contributed by atoms with Gasteiger partial charge in [-0.15, -0.1) is 0 Å². The van der Waals surface area contributed by atoms with Gasteiger partial charge in [-0.2, -0.15) is 0 Å². The van der Waals surface area contributed by atoms with E-state index in [0.717, 1.165) is 5.56 Å². The Morgan fingerprint density at radius 2 is 2.21 bits per heavy atom. The second-order valence-electron chi connectivity index (χ2n) is 6.63. The molecule has 1 aliphatic rings.